The Labute approximate surface area is 392 Å². The van der Waals surface area contributed by atoms with Gasteiger partial charge in [-0.05, 0) is 115 Å². The van der Waals surface area contributed by atoms with Crippen LogP contribution in [0.15, 0.2) is 176 Å². The number of hydrogen-bond donors (Lipinski definition) is 0. The second-order valence-electron chi connectivity index (χ2n) is 17.0. The minimum Gasteiger partial charge on any atom is -0.135 e. The molecule has 9 aromatic rings. The van der Waals surface area contributed by atoms with Gasteiger partial charge < -0.3 is 0 Å². The van der Waals surface area contributed by atoms with Crippen LogP contribution < -0.4 is 0 Å². The molecule has 332 valence electrons. The van der Waals surface area contributed by atoms with E-state index in [2.05, 4.69) is 221 Å². The minimum atomic E-state index is 0.0888. The zero-order chi connectivity index (χ0) is 46.8. The third kappa shape index (κ3) is 13.1. The van der Waals surface area contributed by atoms with Crippen molar-refractivity contribution in [3.05, 3.63) is 226 Å². The molecule has 0 saturated heterocycles. The first-order valence-electron chi connectivity index (χ1n) is 23.5. The van der Waals surface area contributed by atoms with Gasteiger partial charge in [-0.1, -0.05) is 242 Å². The molecule has 1 aliphatic carbocycles. The van der Waals surface area contributed by atoms with Crippen LogP contribution in [0.3, 0.4) is 0 Å². The first kappa shape index (κ1) is 50.9. The first-order chi connectivity index (χ1) is 30.9. The fraction of sp³-hybridized carbons (Fsp3) is 0.270. The van der Waals surface area contributed by atoms with Crippen LogP contribution in [0.2, 0.25) is 0 Å². The standard InChI is InChI=1S/C21H20.C14H12S.C9H12.C8H10.C7H8.2C2H6/c1-13-9-10-17-18(11-13)21(3,4)19-12-14(2)15-7-5-6-8-16(15)20(17)19;1-2-10-7-8-14-12(9-10)11-5-3-4-6-13(11)15-14;1-8(2)9-6-4-3-5-7-9;1-7-3-5-8(2)6-4-7;1-7-5-3-2-4-6-7;2*1-2/h5-12H,1-4H3;3-9H,2H2,1H3;3-8H,1-2H3;3-6H,1-2H3;2-6H,1H3;2*1-2H3. The number of rotatable bonds is 2. The van der Waals surface area contributed by atoms with Crippen LogP contribution in [0.5, 0.6) is 0 Å². The summed E-state index contributed by atoms with van der Waals surface area (Å²) in [5, 5.41) is 5.58. The third-order valence-electron chi connectivity index (χ3n) is 11.5. The lowest BCUT2D eigenvalue weighted by molar-refractivity contribution is 0.659. The highest BCUT2D eigenvalue weighted by Gasteiger charge is 2.36. The van der Waals surface area contributed by atoms with Crippen LogP contribution in [-0.2, 0) is 11.8 Å². The van der Waals surface area contributed by atoms with Crippen molar-refractivity contribution >= 4 is 42.3 Å². The van der Waals surface area contributed by atoms with E-state index in [1.807, 2.05) is 63.3 Å². The van der Waals surface area contributed by atoms with Crippen molar-refractivity contribution in [2.75, 3.05) is 0 Å². The SMILES string of the molecule is CC.CC.CC(C)c1ccccc1.CCc1ccc2sc3ccccc3c2c1.Cc1ccc(C)cc1.Cc1ccc2c(c1)C(C)(C)c1cc(C)c3ccccc3c1-2.Cc1ccccc1. The second kappa shape index (κ2) is 24.9. The molecule has 0 bridgehead atoms. The molecule has 0 unspecified atom stereocenters. The summed E-state index contributed by atoms with van der Waals surface area (Å²) in [6, 6.07) is 62.8. The molecule has 1 heterocycles. The van der Waals surface area contributed by atoms with Crippen molar-refractivity contribution in [1.29, 1.82) is 0 Å². The highest BCUT2D eigenvalue weighted by Crippen LogP contribution is 2.52. The van der Waals surface area contributed by atoms with Crippen LogP contribution in [0, 0.1) is 34.6 Å². The van der Waals surface area contributed by atoms with Crippen molar-refractivity contribution in [1.82, 2.24) is 0 Å². The Bertz CT molecular complexity index is 2740. The Hall–Kier alpha value is -5.76. The molecule has 1 heteroatoms. The number of thiophene rings is 1. The van der Waals surface area contributed by atoms with E-state index in [1.54, 1.807) is 0 Å². The molecule has 1 aromatic heterocycles. The molecule has 0 radical (unpaired) electrons. The Balaban J connectivity index is 0.000000183. The number of fused-ring (bicyclic) bond motifs is 8. The van der Waals surface area contributed by atoms with Crippen LogP contribution in [0.25, 0.3) is 42.1 Å². The molecule has 64 heavy (non-hydrogen) atoms. The largest absolute Gasteiger partial charge is 0.135 e. The lowest BCUT2D eigenvalue weighted by atomic mass is 9.81. The summed E-state index contributed by atoms with van der Waals surface area (Å²) in [4.78, 5) is 0. The van der Waals surface area contributed by atoms with Crippen molar-refractivity contribution in [3.63, 3.8) is 0 Å². The smallest absolute Gasteiger partial charge is 0.0355 e. The van der Waals surface area contributed by atoms with E-state index in [9.17, 15) is 0 Å². The van der Waals surface area contributed by atoms with Gasteiger partial charge in [0.25, 0.3) is 0 Å². The van der Waals surface area contributed by atoms with Crippen LogP contribution in [0.1, 0.15) is 118 Å². The van der Waals surface area contributed by atoms with Gasteiger partial charge in [0.05, 0.1) is 0 Å². The second-order valence-corrected chi connectivity index (χ2v) is 18.1. The molecule has 0 amide bonds. The number of benzene rings is 8. The lowest BCUT2D eigenvalue weighted by Gasteiger charge is -2.22. The van der Waals surface area contributed by atoms with Gasteiger partial charge >= 0.3 is 0 Å². The van der Waals surface area contributed by atoms with Gasteiger partial charge in [0, 0.05) is 25.6 Å². The molecule has 0 N–H and O–H groups in total. The molecule has 0 spiro atoms. The highest BCUT2D eigenvalue weighted by molar-refractivity contribution is 7.25. The van der Waals surface area contributed by atoms with Crippen molar-refractivity contribution in [3.8, 4) is 11.1 Å². The number of aryl methyl sites for hydroxylation is 6. The fourth-order valence-electron chi connectivity index (χ4n) is 7.88. The van der Waals surface area contributed by atoms with Gasteiger partial charge in [-0.15, -0.1) is 11.3 Å². The molecular weight excluding hydrogens is 789 g/mol. The first-order valence-corrected chi connectivity index (χ1v) is 24.3. The van der Waals surface area contributed by atoms with E-state index >= 15 is 0 Å². The maximum atomic E-state index is 2.40. The molecule has 0 saturated carbocycles. The van der Waals surface area contributed by atoms with Crippen LogP contribution in [0.4, 0.5) is 0 Å². The summed E-state index contributed by atoms with van der Waals surface area (Å²) >= 11 is 1.88. The molecule has 8 aromatic carbocycles. The summed E-state index contributed by atoms with van der Waals surface area (Å²) in [5.41, 5.74) is 15.4. The summed E-state index contributed by atoms with van der Waals surface area (Å²) in [6.45, 7) is 30.0. The molecule has 0 atom stereocenters. The minimum absolute atomic E-state index is 0.0888. The zero-order valence-electron chi connectivity index (χ0n) is 41.4. The summed E-state index contributed by atoms with van der Waals surface area (Å²) in [6.07, 6.45) is 1.11. The molecule has 0 aliphatic heterocycles. The summed E-state index contributed by atoms with van der Waals surface area (Å²) < 4.78 is 2.79. The average Bonchev–Trinajstić information content (AvgIpc) is 3.81. The Morgan fingerprint density at radius 3 is 1.45 bits per heavy atom. The molecule has 1 aliphatic rings. The quantitative estimate of drug-likeness (QED) is 0.162. The number of hydrogen-bond acceptors (Lipinski definition) is 1. The van der Waals surface area contributed by atoms with E-state index in [0.717, 1.165) is 6.42 Å². The molecule has 0 fully saturated rings. The van der Waals surface area contributed by atoms with Gasteiger partial charge in [-0.3, -0.25) is 0 Å². The van der Waals surface area contributed by atoms with Crippen LogP contribution >= 0.6 is 11.3 Å². The lowest BCUT2D eigenvalue weighted by Crippen LogP contribution is -2.15. The Kier molecular flexibility index (Phi) is 19.8. The molecular formula is C63H74S. The zero-order valence-corrected chi connectivity index (χ0v) is 42.3. The molecule has 10 rings (SSSR count). The average molecular weight is 863 g/mol. The van der Waals surface area contributed by atoms with E-state index in [4.69, 9.17) is 0 Å². The maximum absolute atomic E-state index is 2.40. The summed E-state index contributed by atoms with van der Waals surface area (Å²) in [5.74, 6) is 0.659. The fourth-order valence-corrected chi connectivity index (χ4v) is 8.97. The maximum Gasteiger partial charge on any atom is 0.0355 e. The Morgan fingerprint density at radius 2 is 0.922 bits per heavy atom. The topological polar surface area (TPSA) is 0 Å². The van der Waals surface area contributed by atoms with E-state index in [-0.39, 0.29) is 5.41 Å². The normalized spacial score (nSPS) is 11.3. The predicted molar refractivity (Wildman–Crippen MR) is 290 cm³/mol. The molecule has 0 nitrogen and oxygen atoms in total. The third-order valence-corrected chi connectivity index (χ3v) is 12.7. The van der Waals surface area contributed by atoms with E-state index in [1.165, 1.54) is 92.1 Å². The van der Waals surface area contributed by atoms with Gasteiger partial charge in [-0.25, -0.2) is 0 Å². The van der Waals surface area contributed by atoms with Crippen LogP contribution in [-0.4, -0.2) is 0 Å². The van der Waals surface area contributed by atoms with E-state index in [0.29, 0.717) is 5.92 Å². The van der Waals surface area contributed by atoms with Crippen molar-refractivity contribution in [2.45, 2.75) is 115 Å². The predicted octanol–water partition coefficient (Wildman–Crippen LogP) is 19.5. The van der Waals surface area contributed by atoms with Gasteiger partial charge in [0.1, 0.15) is 0 Å². The van der Waals surface area contributed by atoms with Gasteiger partial charge in [0.15, 0.2) is 0 Å². The van der Waals surface area contributed by atoms with E-state index < -0.39 is 0 Å². The Morgan fingerprint density at radius 1 is 0.438 bits per heavy atom. The van der Waals surface area contributed by atoms with Crippen molar-refractivity contribution < 1.29 is 0 Å². The van der Waals surface area contributed by atoms with Gasteiger partial charge in [0.2, 0.25) is 0 Å². The van der Waals surface area contributed by atoms with Gasteiger partial charge in [-0.2, -0.15) is 0 Å². The van der Waals surface area contributed by atoms with Crippen molar-refractivity contribution in [2.24, 2.45) is 0 Å². The monoisotopic (exact) mass is 863 g/mol. The summed E-state index contributed by atoms with van der Waals surface area (Å²) in [7, 11) is 0. The highest BCUT2D eigenvalue weighted by atomic mass is 32.1.